The van der Waals surface area contributed by atoms with Gasteiger partial charge < -0.3 is 10.1 Å². The van der Waals surface area contributed by atoms with Gasteiger partial charge in [0.1, 0.15) is 0 Å². The Morgan fingerprint density at radius 1 is 1.11 bits per heavy atom. The molecule has 1 heterocycles. The number of nitrogens with one attached hydrogen (secondary N) is 1. The maximum Gasteiger partial charge on any atom is 0.259 e. The van der Waals surface area contributed by atoms with Gasteiger partial charge in [-0.1, -0.05) is 48.0 Å². The third-order valence-corrected chi connectivity index (χ3v) is 6.18. The lowest BCUT2D eigenvalue weighted by Crippen LogP contribution is -2.29. The quantitative estimate of drug-likeness (QED) is 0.813. The van der Waals surface area contributed by atoms with E-state index in [2.05, 4.69) is 5.32 Å². The summed E-state index contributed by atoms with van der Waals surface area (Å²) in [5.41, 5.74) is 1.08. The zero-order valence-corrected chi connectivity index (χ0v) is 15.4. The Morgan fingerprint density at radius 3 is 2.52 bits per heavy atom. The third-order valence-electron chi connectivity index (χ3n) is 5.86. The highest BCUT2D eigenvalue weighted by molar-refractivity contribution is 6.34. The molecule has 0 aromatic heterocycles. The Bertz CT molecular complexity index is 851. The minimum atomic E-state index is -2.75. The van der Waals surface area contributed by atoms with Crippen LogP contribution in [0.15, 0.2) is 48.5 Å². The molecule has 1 spiro atoms. The van der Waals surface area contributed by atoms with Crippen LogP contribution in [0.1, 0.15) is 23.2 Å². The molecule has 6 heteroatoms. The molecule has 27 heavy (non-hydrogen) atoms. The van der Waals surface area contributed by atoms with Gasteiger partial charge in [0.25, 0.3) is 11.8 Å². The molecule has 1 unspecified atom stereocenters. The van der Waals surface area contributed by atoms with E-state index in [0.717, 1.165) is 11.1 Å². The lowest BCUT2D eigenvalue weighted by atomic mass is 9.93. The normalized spacial score (nSPS) is 22.4. The second-order valence-electron chi connectivity index (χ2n) is 7.21. The summed E-state index contributed by atoms with van der Waals surface area (Å²) in [6, 6.07) is 14.8. The van der Waals surface area contributed by atoms with Gasteiger partial charge in [0.2, 0.25) is 0 Å². The third kappa shape index (κ3) is 3.13. The molecule has 1 aliphatic carbocycles. The largest absolute Gasteiger partial charge is 0.381 e. The molecular formula is C21H20ClF2NO2. The predicted octanol–water partition coefficient (Wildman–Crippen LogP) is 4.80. The van der Waals surface area contributed by atoms with E-state index in [1.54, 1.807) is 12.1 Å². The lowest BCUT2D eigenvalue weighted by molar-refractivity contribution is -0.00828. The smallest absolute Gasteiger partial charge is 0.259 e. The van der Waals surface area contributed by atoms with E-state index in [9.17, 15) is 13.6 Å². The van der Waals surface area contributed by atoms with Crippen LogP contribution in [0.3, 0.4) is 0 Å². The van der Waals surface area contributed by atoms with E-state index in [0.29, 0.717) is 36.6 Å². The van der Waals surface area contributed by atoms with Crippen molar-refractivity contribution in [1.82, 2.24) is 5.32 Å². The molecule has 2 fully saturated rings. The molecule has 2 aromatic carbocycles. The molecule has 1 N–H and O–H groups in total. The molecule has 2 aromatic rings. The van der Waals surface area contributed by atoms with Crippen molar-refractivity contribution in [2.45, 2.75) is 18.8 Å². The van der Waals surface area contributed by atoms with E-state index in [4.69, 9.17) is 16.3 Å². The second-order valence-corrected chi connectivity index (χ2v) is 7.62. The molecule has 3 nitrogen and oxygen atoms in total. The van der Waals surface area contributed by atoms with Crippen LogP contribution in [0.25, 0.3) is 11.1 Å². The number of halogens is 3. The molecule has 1 aliphatic heterocycles. The first-order valence-corrected chi connectivity index (χ1v) is 9.42. The van der Waals surface area contributed by atoms with Crippen LogP contribution in [0.4, 0.5) is 8.78 Å². The summed E-state index contributed by atoms with van der Waals surface area (Å²) in [6.07, 6.45) is 0.676. The van der Waals surface area contributed by atoms with Crippen LogP contribution in [-0.2, 0) is 4.74 Å². The minimum absolute atomic E-state index is 0.0578. The van der Waals surface area contributed by atoms with Gasteiger partial charge in [-0.25, -0.2) is 8.78 Å². The monoisotopic (exact) mass is 391 g/mol. The molecule has 1 atom stereocenters. The summed E-state index contributed by atoms with van der Waals surface area (Å²) >= 11 is 6.18. The van der Waals surface area contributed by atoms with Crippen molar-refractivity contribution in [2.75, 3.05) is 19.8 Å². The minimum Gasteiger partial charge on any atom is -0.381 e. The summed E-state index contributed by atoms with van der Waals surface area (Å²) in [7, 11) is 0. The van der Waals surface area contributed by atoms with Crippen molar-refractivity contribution in [3.8, 4) is 11.1 Å². The Morgan fingerprint density at radius 2 is 1.81 bits per heavy atom. The van der Waals surface area contributed by atoms with Crippen LogP contribution in [0.5, 0.6) is 0 Å². The highest BCUT2D eigenvalue weighted by atomic mass is 35.5. The van der Waals surface area contributed by atoms with Crippen LogP contribution in [0.2, 0.25) is 5.02 Å². The standard InChI is InChI=1S/C21H20ClF2NO2/c22-17-7-6-15(14-4-2-1-3-5-14)12-16(17)19(26)25-13-18-20(21(18,23)24)8-10-27-11-9-20/h1-7,12,18H,8-11,13H2,(H,25,26). The number of hydrogen-bond acceptors (Lipinski definition) is 2. The first-order valence-electron chi connectivity index (χ1n) is 9.04. The molecule has 1 saturated heterocycles. The summed E-state index contributed by atoms with van der Waals surface area (Å²) < 4.78 is 33.9. The number of carbonyl (C=O) groups is 1. The average Bonchev–Trinajstić information content (AvgIpc) is 3.13. The predicted molar refractivity (Wildman–Crippen MR) is 100 cm³/mol. The molecule has 142 valence electrons. The van der Waals surface area contributed by atoms with E-state index in [1.807, 2.05) is 36.4 Å². The highest BCUT2D eigenvalue weighted by Crippen LogP contribution is 2.70. The topological polar surface area (TPSA) is 38.3 Å². The van der Waals surface area contributed by atoms with Crippen LogP contribution in [0, 0.1) is 11.3 Å². The Balaban J connectivity index is 1.48. The highest BCUT2D eigenvalue weighted by Gasteiger charge is 2.79. The number of amides is 1. The van der Waals surface area contributed by atoms with Gasteiger partial charge in [-0.15, -0.1) is 0 Å². The van der Waals surface area contributed by atoms with Crippen molar-refractivity contribution < 1.29 is 18.3 Å². The van der Waals surface area contributed by atoms with Crippen molar-refractivity contribution in [3.05, 3.63) is 59.1 Å². The summed E-state index contributed by atoms with van der Waals surface area (Å²) in [4.78, 5) is 12.6. The number of alkyl halides is 2. The number of ether oxygens (including phenoxy) is 1. The molecule has 0 radical (unpaired) electrons. The van der Waals surface area contributed by atoms with Gasteiger partial charge in [-0.2, -0.15) is 0 Å². The van der Waals surface area contributed by atoms with E-state index >= 15 is 0 Å². The van der Waals surface area contributed by atoms with Crippen molar-refractivity contribution in [3.63, 3.8) is 0 Å². The van der Waals surface area contributed by atoms with E-state index in [-0.39, 0.29) is 6.54 Å². The van der Waals surface area contributed by atoms with Gasteiger partial charge in [-0.3, -0.25) is 4.79 Å². The van der Waals surface area contributed by atoms with Gasteiger partial charge in [0.15, 0.2) is 0 Å². The zero-order valence-electron chi connectivity index (χ0n) is 14.7. The van der Waals surface area contributed by atoms with Crippen LogP contribution < -0.4 is 5.32 Å². The van der Waals surface area contributed by atoms with Gasteiger partial charge in [0.05, 0.1) is 16.5 Å². The fourth-order valence-electron chi connectivity index (χ4n) is 4.13. The zero-order chi connectivity index (χ0) is 19.1. The van der Waals surface area contributed by atoms with E-state index < -0.39 is 23.2 Å². The number of hydrogen-bond donors (Lipinski definition) is 1. The molecule has 1 amide bonds. The SMILES string of the molecule is O=C(NCC1C(F)(F)C12CCOCC2)c1cc(-c2ccccc2)ccc1Cl. The number of benzene rings is 2. The molecular weight excluding hydrogens is 372 g/mol. The van der Waals surface area contributed by atoms with Crippen molar-refractivity contribution in [2.24, 2.45) is 11.3 Å². The first kappa shape index (κ1) is 18.4. The molecule has 0 bridgehead atoms. The fraction of sp³-hybridized carbons (Fsp3) is 0.381. The average molecular weight is 392 g/mol. The molecule has 4 rings (SSSR count). The van der Waals surface area contributed by atoms with Crippen LogP contribution >= 0.6 is 11.6 Å². The maximum absolute atomic E-state index is 14.3. The fourth-order valence-corrected chi connectivity index (χ4v) is 4.34. The van der Waals surface area contributed by atoms with Crippen molar-refractivity contribution >= 4 is 17.5 Å². The summed E-state index contributed by atoms with van der Waals surface area (Å²) in [5.74, 6) is -4.02. The number of carbonyl (C=O) groups excluding carboxylic acids is 1. The summed E-state index contributed by atoms with van der Waals surface area (Å²) in [5, 5.41) is 2.96. The Kier molecular flexibility index (Phi) is 4.68. The Labute approximate surface area is 161 Å². The molecule has 1 saturated carbocycles. The van der Waals surface area contributed by atoms with Gasteiger partial charge >= 0.3 is 0 Å². The molecule has 2 aliphatic rings. The second kappa shape index (κ2) is 6.88. The lowest BCUT2D eigenvalue weighted by Gasteiger charge is -2.22. The first-order chi connectivity index (χ1) is 13.0. The van der Waals surface area contributed by atoms with E-state index in [1.165, 1.54) is 0 Å². The van der Waals surface area contributed by atoms with Gasteiger partial charge in [0, 0.05) is 25.2 Å². The maximum atomic E-state index is 14.3. The Hall–Kier alpha value is -1.98. The van der Waals surface area contributed by atoms with Crippen LogP contribution in [-0.4, -0.2) is 31.6 Å². The van der Waals surface area contributed by atoms with Crippen molar-refractivity contribution in [1.29, 1.82) is 0 Å². The van der Waals surface area contributed by atoms with Gasteiger partial charge in [-0.05, 0) is 36.1 Å². The number of rotatable bonds is 4. The summed E-state index contributed by atoms with van der Waals surface area (Å²) in [6.45, 7) is 0.647.